The average molecular weight is 693 g/mol. The number of urea groups is 1. The van der Waals surface area contributed by atoms with Gasteiger partial charge in [0.25, 0.3) is 5.91 Å². The maximum Gasteiger partial charge on any atom is 0.315 e. The minimum Gasteiger partial charge on any atom is -0.347 e. The van der Waals surface area contributed by atoms with Gasteiger partial charge in [0.1, 0.15) is 6.04 Å². The molecule has 1 heterocycles. The Kier molecular flexibility index (Phi) is 10.9. The van der Waals surface area contributed by atoms with Crippen LogP contribution >= 0.6 is 0 Å². The summed E-state index contributed by atoms with van der Waals surface area (Å²) < 4.78 is 25.6. The molecule has 0 aromatic rings. The highest BCUT2D eigenvalue weighted by atomic mass is 32.2. The van der Waals surface area contributed by atoms with Gasteiger partial charge < -0.3 is 20.9 Å². The zero-order valence-electron chi connectivity index (χ0n) is 30.7. The number of carbonyl (C=O) groups excluding carboxylic acids is 5. The van der Waals surface area contributed by atoms with Crippen molar-refractivity contribution in [3.8, 4) is 0 Å². The number of nitrogens with zero attached hydrogens (tertiary/aromatic N) is 1. The number of carbonyl (C=O) groups is 5. The van der Waals surface area contributed by atoms with E-state index in [0.717, 1.165) is 32.1 Å². The Labute approximate surface area is 287 Å². The molecule has 1 aliphatic heterocycles. The molecule has 0 spiro atoms. The van der Waals surface area contributed by atoms with Crippen molar-refractivity contribution in [1.82, 2.24) is 20.9 Å². The average Bonchev–Trinajstić information content (AvgIpc) is 3.81. The lowest BCUT2D eigenvalue weighted by Crippen LogP contribution is -2.63. The summed E-state index contributed by atoms with van der Waals surface area (Å²) in [4.78, 5) is 69.6. The second-order valence-corrected chi connectivity index (χ2v) is 20.5. The number of nitrogens with one attached hydrogen (secondary N) is 3. The quantitative estimate of drug-likeness (QED) is 0.243. The Balaban J connectivity index is 1.54. The zero-order valence-corrected chi connectivity index (χ0v) is 31.5. The van der Waals surface area contributed by atoms with Crippen LogP contribution in [0, 0.1) is 28.6 Å². The lowest BCUT2D eigenvalue weighted by molar-refractivity contribution is -0.145. The minimum absolute atomic E-state index is 0.0327. The highest BCUT2D eigenvalue weighted by Crippen LogP contribution is 2.65. The van der Waals surface area contributed by atoms with Crippen LogP contribution in [0.4, 0.5) is 4.79 Å². The minimum atomic E-state index is -3.55. The van der Waals surface area contributed by atoms with Crippen LogP contribution in [0.2, 0.25) is 0 Å². The van der Waals surface area contributed by atoms with Crippen molar-refractivity contribution in [3.63, 3.8) is 0 Å². The van der Waals surface area contributed by atoms with Crippen LogP contribution in [0.3, 0.4) is 0 Å². The van der Waals surface area contributed by atoms with Gasteiger partial charge in [0, 0.05) is 24.9 Å². The molecule has 4 fully saturated rings. The molecule has 3 aliphatic carbocycles. The summed E-state index contributed by atoms with van der Waals surface area (Å²) in [6, 6.07) is -2.32. The van der Waals surface area contributed by atoms with Crippen molar-refractivity contribution < 1.29 is 32.4 Å². The van der Waals surface area contributed by atoms with Crippen LogP contribution in [0.15, 0.2) is 0 Å². The fourth-order valence-corrected chi connectivity index (χ4v) is 9.45. The Morgan fingerprint density at radius 1 is 0.938 bits per heavy atom. The largest absolute Gasteiger partial charge is 0.347 e. The van der Waals surface area contributed by atoms with Gasteiger partial charge in [-0.15, -0.1) is 0 Å². The van der Waals surface area contributed by atoms with Crippen molar-refractivity contribution in [1.29, 1.82) is 0 Å². The predicted molar refractivity (Wildman–Crippen MR) is 185 cm³/mol. The Bertz CT molecular complexity index is 1380. The molecule has 12 heteroatoms. The molecule has 3 unspecified atom stereocenters. The smallest absolute Gasteiger partial charge is 0.315 e. The Morgan fingerprint density at radius 3 is 2.06 bits per heavy atom. The van der Waals surface area contributed by atoms with Gasteiger partial charge in [0.15, 0.2) is 15.6 Å². The molecule has 5 atom stereocenters. The summed E-state index contributed by atoms with van der Waals surface area (Å²) in [5, 5.41) is 8.67. The maximum absolute atomic E-state index is 14.4. The van der Waals surface area contributed by atoms with Crippen LogP contribution in [0.1, 0.15) is 127 Å². The van der Waals surface area contributed by atoms with Crippen LogP contribution in [-0.2, 0) is 29.0 Å². The van der Waals surface area contributed by atoms with Gasteiger partial charge in [-0.3, -0.25) is 19.2 Å². The third-order valence-electron chi connectivity index (χ3n) is 11.4. The number of fused-ring (bicyclic) bond motifs is 1. The van der Waals surface area contributed by atoms with E-state index in [1.807, 2.05) is 27.7 Å². The number of Topliss-reactive ketones (excluding diaryl/α,β-unsaturated/α-hetero) is 2. The summed E-state index contributed by atoms with van der Waals surface area (Å²) in [6.07, 6.45) is 6.23. The molecule has 3 N–H and O–H groups in total. The molecule has 4 rings (SSSR count). The van der Waals surface area contributed by atoms with E-state index < -0.39 is 61.3 Å². The molecule has 0 radical (unpaired) electrons. The van der Waals surface area contributed by atoms with E-state index in [2.05, 4.69) is 29.8 Å². The number of hydrogen-bond acceptors (Lipinski definition) is 7. The Hall–Kier alpha value is -2.50. The molecular weight excluding hydrogens is 632 g/mol. The highest BCUT2D eigenvalue weighted by Gasteiger charge is 2.69. The van der Waals surface area contributed by atoms with Gasteiger partial charge in [0.05, 0.1) is 22.1 Å². The maximum atomic E-state index is 14.4. The fraction of sp³-hybridized carbons (Fsp3) is 0.861. The van der Waals surface area contributed by atoms with Crippen LogP contribution in [0.25, 0.3) is 0 Å². The normalized spacial score (nSPS) is 26.1. The zero-order chi connectivity index (χ0) is 36.0. The van der Waals surface area contributed by atoms with Gasteiger partial charge >= 0.3 is 6.03 Å². The summed E-state index contributed by atoms with van der Waals surface area (Å²) in [5.74, 6) is -2.70. The van der Waals surface area contributed by atoms with E-state index in [-0.39, 0.29) is 47.2 Å². The molecule has 3 saturated carbocycles. The molecule has 272 valence electrons. The number of hydrogen-bond donors (Lipinski definition) is 3. The Morgan fingerprint density at radius 2 is 1.54 bits per heavy atom. The van der Waals surface area contributed by atoms with Crippen LogP contribution < -0.4 is 16.0 Å². The van der Waals surface area contributed by atoms with Gasteiger partial charge in [-0.25, -0.2) is 13.2 Å². The van der Waals surface area contributed by atoms with Crippen LogP contribution in [0.5, 0.6) is 0 Å². The van der Waals surface area contributed by atoms with Crippen molar-refractivity contribution in [3.05, 3.63) is 0 Å². The predicted octanol–water partition coefficient (Wildman–Crippen LogP) is 4.32. The van der Waals surface area contributed by atoms with Gasteiger partial charge in [-0.05, 0) is 75.5 Å². The molecule has 0 bridgehead atoms. The number of ketones is 2. The van der Waals surface area contributed by atoms with E-state index in [1.165, 1.54) is 0 Å². The van der Waals surface area contributed by atoms with Gasteiger partial charge in [-0.2, -0.15) is 0 Å². The molecular formula is C36H60N4O7S. The van der Waals surface area contributed by atoms with E-state index in [4.69, 9.17) is 0 Å². The van der Waals surface area contributed by atoms with Crippen molar-refractivity contribution >= 4 is 39.2 Å². The number of rotatable bonds is 13. The lowest BCUT2D eigenvalue weighted by atomic mass is 9.83. The second-order valence-electron chi connectivity index (χ2n) is 17.8. The molecule has 1 saturated heterocycles. The molecule has 4 aliphatic rings. The van der Waals surface area contributed by atoms with Crippen molar-refractivity contribution in [2.24, 2.45) is 28.6 Å². The standard InChI is InChI=1S/C36H60N4O7S/c1-10-14-22(28(42)30(43)37-23-15-16-23)19-25(41)27-26-24(35(26,8)9)20-40(27)31(44)29(33(2,3)4)38-32(45)39-36(17-12-11-13-18-36)21-48(46,47)34(5,6)7/h22-24,26-27,29H,10-21H2,1-9H3,(H,37,43)(H2,38,39,45)/t22?,24?,26?,27-,29-/m1/s1. The number of piperidine rings is 1. The molecule has 11 nitrogen and oxygen atoms in total. The topological polar surface area (TPSA) is 159 Å². The first-order valence-corrected chi connectivity index (χ1v) is 19.7. The summed E-state index contributed by atoms with van der Waals surface area (Å²) >= 11 is 0. The monoisotopic (exact) mass is 692 g/mol. The summed E-state index contributed by atoms with van der Waals surface area (Å²) in [5.41, 5.74) is -1.83. The first-order chi connectivity index (χ1) is 22.0. The van der Waals surface area contributed by atoms with Crippen molar-refractivity contribution in [2.45, 2.75) is 155 Å². The number of sulfone groups is 1. The molecule has 0 aromatic carbocycles. The van der Waals surface area contributed by atoms with Gasteiger partial charge in [0.2, 0.25) is 11.7 Å². The summed E-state index contributed by atoms with van der Waals surface area (Å²) in [6.45, 7) is 17.0. The third kappa shape index (κ3) is 8.27. The van der Waals surface area contributed by atoms with Crippen LogP contribution in [-0.4, -0.2) is 83.4 Å². The van der Waals surface area contributed by atoms with E-state index >= 15 is 0 Å². The summed E-state index contributed by atoms with van der Waals surface area (Å²) in [7, 11) is -3.55. The fourth-order valence-electron chi connectivity index (χ4n) is 7.93. The van der Waals surface area contributed by atoms with E-state index in [0.29, 0.717) is 32.2 Å². The first kappa shape index (κ1) is 38.3. The number of amides is 4. The molecule has 0 aromatic heterocycles. The van der Waals surface area contributed by atoms with E-state index in [1.54, 1.807) is 25.7 Å². The molecule has 48 heavy (non-hydrogen) atoms. The van der Waals surface area contributed by atoms with Crippen molar-refractivity contribution in [2.75, 3.05) is 12.3 Å². The number of likely N-dealkylation sites (tertiary alicyclic amines) is 1. The molecule has 4 amide bonds. The highest BCUT2D eigenvalue weighted by molar-refractivity contribution is 7.92. The third-order valence-corrected chi connectivity index (χ3v) is 14.2. The lowest BCUT2D eigenvalue weighted by Gasteiger charge is -2.41. The SMILES string of the molecule is CCCC(CC(=O)[C@@H]1C2C(CN1C(=O)[C@@H](NC(=O)NC1(CS(=O)(=O)C(C)(C)C)CCCCC1)C(C)(C)C)C2(C)C)C(=O)C(=O)NC1CC1. The van der Waals surface area contributed by atoms with Gasteiger partial charge in [-0.1, -0.05) is 67.2 Å². The van der Waals surface area contributed by atoms with E-state index in [9.17, 15) is 32.4 Å². The first-order valence-electron chi connectivity index (χ1n) is 18.0. The second kappa shape index (κ2) is 13.7.